The number of hydrogen-bond acceptors (Lipinski definition) is 7. The first kappa shape index (κ1) is 24.8. The fourth-order valence-corrected chi connectivity index (χ4v) is 6.02. The van der Waals surface area contributed by atoms with Crippen LogP contribution in [0.5, 0.6) is 5.75 Å². The number of likely N-dealkylation sites (tertiary alicyclic amines) is 1. The van der Waals surface area contributed by atoms with Crippen LogP contribution in [0, 0.1) is 5.82 Å². The number of nitrogens with zero attached hydrogens (tertiary/aromatic N) is 4. The topological polar surface area (TPSA) is 91.2 Å². The number of thiazole rings is 1. The second kappa shape index (κ2) is 10.3. The average molecular weight is 537 g/mol. The lowest BCUT2D eigenvalue weighted by atomic mass is 10.0. The number of ether oxygens (including phenoxy) is 1. The molecule has 2 N–H and O–H groups in total. The summed E-state index contributed by atoms with van der Waals surface area (Å²) in [6, 6.07) is 10.2. The summed E-state index contributed by atoms with van der Waals surface area (Å²) >= 11 is 1.45. The summed E-state index contributed by atoms with van der Waals surface area (Å²) < 4.78 is 23.2. The van der Waals surface area contributed by atoms with Crippen molar-refractivity contribution < 1.29 is 18.7 Å². The molecule has 0 unspecified atom stereocenters. The molecule has 0 saturated carbocycles. The van der Waals surface area contributed by atoms with Crippen LogP contribution in [0.4, 0.5) is 9.18 Å². The zero-order valence-electron chi connectivity index (χ0n) is 21.1. The highest BCUT2D eigenvalue weighted by Gasteiger charge is 2.21. The van der Waals surface area contributed by atoms with Gasteiger partial charge in [-0.05, 0) is 63.3 Å². The van der Waals surface area contributed by atoms with E-state index >= 15 is 4.39 Å². The molecule has 2 aromatic carbocycles. The molecule has 11 heteroatoms. The Morgan fingerprint density at radius 3 is 2.66 bits per heavy atom. The normalized spacial score (nSPS) is 17.3. The Bertz CT molecular complexity index is 1500. The molecule has 2 fully saturated rings. The van der Waals surface area contributed by atoms with E-state index in [-0.39, 0.29) is 17.7 Å². The number of hydrogen-bond donors (Lipinski definition) is 2. The Morgan fingerprint density at radius 2 is 1.89 bits per heavy atom. The van der Waals surface area contributed by atoms with Gasteiger partial charge in [0.1, 0.15) is 11.6 Å². The highest BCUT2D eigenvalue weighted by atomic mass is 32.1. The number of nitrogens with one attached hydrogen (secondary N) is 2. The van der Waals surface area contributed by atoms with E-state index in [0.29, 0.717) is 48.0 Å². The monoisotopic (exact) mass is 536 g/mol. The van der Waals surface area contributed by atoms with Crippen molar-refractivity contribution in [2.24, 2.45) is 0 Å². The minimum absolute atomic E-state index is 0.0620. The zero-order valence-corrected chi connectivity index (χ0v) is 21.9. The molecule has 198 valence electrons. The van der Waals surface area contributed by atoms with Gasteiger partial charge in [-0.25, -0.2) is 14.2 Å². The van der Waals surface area contributed by atoms with Crippen LogP contribution in [0.25, 0.3) is 26.4 Å². The molecule has 2 aliphatic heterocycles. The maximum Gasteiger partial charge on any atom is 0.415 e. The minimum Gasteiger partial charge on any atom is -0.410 e. The molecule has 2 amide bonds. The lowest BCUT2D eigenvalue weighted by molar-refractivity contribution is 0.0917. The summed E-state index contributed by atoms with van der Waals surface area (Å²) in [5.74, 6) is -0.418. The number of benzene rings is 2. The van der Waals surface area contributed by atoms with E-state index in [4.69, 9.17) is 4.74 Å². The zero-order chi connectivity index (χ0) is 26.2. The van der Waals surface area contributed by atoms with E-state index in [0.717, 1.165) is 36.1 Å². The van der Waals surface area contributed by atoms with Crippen molar-refractivity contribution >= 4 is 38.5 Å². The summed E-state index contributed by atoms with van der Waals surface area (Å²) in [7, 11) is 2.10. The van der Waals surface area contributed by atoms with Crippen molar-refractivity contribution in [2.45, 2.75) is 18.9 Å². The maximum atomic E-state index is 15.0. The van der Waals surface area contributed by atoms with Crippen LogP contribution >= 0.6 is 11.3 Å². The number of carbonyl (C=O) groups is 2. The first-order chi connectivity index (χ1) is 18.4. The maximum absolute atomic E-state index is 15.0. The molecule has 9 nitrogen and oxygen atoms in total. The quantitative estimate of drug-likeness (QED) is 0.414. The number of aromatic nitrogens is 2. The van der Waals surface area contributed by atoms with Crippen LogP contribution in [0.1, 0.15) is 23.2 Å². The van der Waals surface area contributed by atoms with Crippen LogP contribution in [-0.4, -0.2) is 83.5 Å². The predicted molar refractivity (Wildman–Crippen MR) is 144 cm³/mol. The number of piperazine rings is 1. The molecule has 6 rings (SSSR count). The van der Waals surface area contributed by atoms with Crippen LogP contribution in [0.2, 0.25) is 0 Å². The second-order valence-electron chi connectivity index (χ2n) is 9.86. The molecule has 4 heterocycles. The Kier molecular flexibility index (Phi) is 6.73. The third kappa shape index (κ3) is 4.96. The summed E-state index contributed by atoms with van der Waals surface area (Å²) in [6.07, 6.45) is 3.22. The molecule has 0 atom stereocenters. The molecule has 0 bridgehead atoms. The summed E-state index contributed by atoms with van der Waals surface area (Å²) in [5, 5.41) is 6.33. The van der Waals surface area contributed by atoms with E-state index < -0.39 is 11.9 Å². The van der Waals surface area contributed by atoms with Gasteiger partial charge in [-0.1, -0.05) is 11.3 Å². The van der Waals surface area contributed by atoms with Gasteiger partial charge >= 0.3 is 6.09 Å². The standard InChI is InChI=1S/C27H29FN6O3S/c1-32-10-6-18(7-11-32)30-25(35)17-2-5-23-24(14-17)38-26-31-22(16-34(23)26)20-4-3-19(15-21(20)28)37-27(36)33-12-8-29-9-13-33/h2-5,14-16,18,29H,6-13H2,1H3,(H,30,35). The van der Waals surface area contributed by atoms with Gasteiger partial charge in [0, 0.05) is 55.6 Å². The summed E-state index contributed by atoms with van der Waals surface area (Å²) in [4.78, 5) is 34.4. The number of amides is 2. The van der Waals surface area contributed by atoms with E-state index in [1.807, 2.05) is 22.6 Å². The van der Waals surface area contributed by atoms with Crippen molar-refractivity contribution in [3.63, 3.8) is 0 Å². The number of piperidine rings is 1. The number of imidazole rings is 1. The van der Waals surface area contributed by atoms with Crippen molar-refractivity contribution in [3.8, 4) is 17.0 Å². The molecular formula is C27H29FN6O3S. The molecule has 2 saturated heterocycles. The summed E-state index contributed by atoms with van der Waals surface area (Å²) in [5.41, 5.74) is 2.34. The van der Waals surface area contributed by atoms with Gasteiger partial charge in [-0.2, -0.15) is 0 Å². The molecule has 0 spiro atoms. The largest absolute Gasteiger partial charge is 0.415 e. The summed E-state index contributed by atoms with van der Waals surface area (Å²) in [6.45, 7) is 4.51. The molecule has 2 aromatic heterocycles. The highest BCUT2D eigenvalue weighted by Crippen LogP contribution is 2.32. The van der Waals surface area contributed by atoms with Gasteiger partial charge in [0.05, 0.1) is 15.9 Å². The lowest BCUT2D eigenvalue weighted by Gasteiger charge is -2.29. The van der Waals surface area contributed by atoms with Crippen molar-refractivity contribution in [2.75, 3.05) is 46.3 Å². The lowest BCUT2D eigenvalue weighted by Crippen LogP contribution is -2.47. The Labute approximate surface area is 223 Å². The Morgan fingerprint density at radius 1 is 1.11 bits per heavy atom. The fraction of sp³-hybridized carbons (Fsp3) is 0.370. The third-order valence-corrected chi connectivity index (χ3v) is 8.22. The minimum atomic E-state index is -0.515. The number of carbonyl (C=O) groups excluding carboxylic acids is 2. The van der Waals surface area contributed by atoms with Gasteiger partial charge in [-0.15, -0.1) is 0 Å². The molecular weight excluding hydrogens is 507 g/mol. The molecule has 0 radical (unpaired) electrons. The first-order valence-electron chi connectivity index (χ1n) is 12.8. The van der Waals surface area contributed by atoms with E-state index in [9.17, 15) is 9.59 Å². The Hall–Kier alpha value is -3.54. The van der Waals surface area contributed by atoms with Crippen LogP contribution in [-0.2, 0) is 0 Å². The van der Waals surface area contributed by atoms with Crippen molar-refractivity contribution in [1.29, 1.82) is 0 Å². The van der Waals surface area contributed by atoms with Gasteiger partial charge in [-0.3, -0.25) is 9.20 Å². The number of rotatable bonds is 4. The highest BCUT2D eigenvalue weighted by molar-refractivity contribution is 7.23. The van der Waals surface area contributed by atoms with Crippen LogP contribution in [0.15, 0.2) is 42.6 Å². The average Bonchev–Trinajstić information content (AvgIpc) is 3.48. The van der Waals surface area contributed by atoms with Gasteiger partial charge in [0.15, 0.2) is 4.96 Å². The number of halogens is 1. The number of fused-ring (bicyclic) bond motifs is 3. The molecule has 4 aromatic rings. The van der Waals surface area contributed by atoms with Gasteiger partial charge in [0.25, 0.3) is 5.91 Å². The third-order valence-electron chi connectivity index (χ3n) is 7.21. The van der Waals surface area contributed by atoms with E-state index in [1.54, 1.807) is 23.2 Å². The molecule has 38 heavy (non-hydrogen) atoms. The van der Waals surface area contributed by atoms with Crippen molar-refractivity contribution in [1.82, 2.24) is 29.8 Å². The van der Waals surface area contributed by atoms with E-state index in [2.05, 4.69) is 27.6 Å². The fourth-order valence-electron chi connectivity index (χ4n) is 4.97. The van der Waals surface area contributed by atoms with E-state index in [1.165, 1.54) is 17.4 Å². The first-order valence-corrected chi connectivity index (χ1v) is 13.6. The smallest absolute Gasteiger partial charge is 0.410 e. The van der Waals surface area contributed by atoms with Gasteiger partial charge < -0.3 is 25.2 Å². The van der Waals surface area contributed by atoms with Crippen LogP contribution in [0.3, 0.4) is 0 Å². The molecule has 0 aliphatic carbocycles. The van der Waals surface area contributed by atoms with Gasteiger partial charge in [0.2, 0.25) is 0 Å². The van der Waals surface area contributed by atoms with Crippen LogP contribution < -0.4 is 15.4 Å². The SMILES string of the molecule is CN1CCC(NC(=O)c2ccc3c(c2)sc2nc(-c4ccc(OC(=O)N5CCNCC5)cc4F)cn23)CC1. The second-order valence-corrected chi connectivity index (χ2v) is 10.9. The Balaban J connectivity index is 1.18. The van der Waals surface area contributed by atoms with Crippen molar-refractivity contribution in [3.05, 3.63) is 54.0 Å². The predicted octanol–water partition coefficient (Wildman–Crippen LogP) is 3.58. The molecule has 2 aliphatic rings.